The molecule has 1 N–H and O–H groups in total. The van der Waals surface area contributed by atoms with Crippen LogP contribution < -0.4 is 10.1 Å². The van der Waals surface area contributed by atoms with E-state index in [0.717, 1.165) is 15.7 Å². The standard InChI is InChI=1S/C15H13BrF3NO/c1-10-5-6-12(8-14(10)16)20-9-11-3-2-4-13(7-11)21-15(17,18)19/h2-8,20H,9H2,1H3. The van der Waals surface area contributed by atoms with Crippen LogP contribution in [-0.2, 0) is 6.54 Å². The number of benzene rings is 2. The zero-order valence-electron chi connectivity index (χ0n) is 11.2. The zero-order valence-corrected chi connectivity index (χ0v) is 12.8. The SMILES string of the molecule is Cc1ccc(NCc2cccc(OC(F)(F)F)c2)cc1Br. The number of rotatable bonds is 4. The monoisotopic (exact) mass is 359 g/mol. The first-order valence-electron chi connectivity index (χ1n) is 6.18. The molecule has 6 heteroatoms. The van der Waals surface area contributed by atoms with E-state index in [4.69, 9.17) is 0 Å². The lowest BCUT2D eigenvalue weighted by molar-refractivity contribution is -0.274. The van der Waals surface area contributed by atoms with Crippen molar-refractivity contribution in [2.75, 3.05) is 5.32 Å². The maximum atomic E-state index is 12.2. The quantitative estimate of drug-likeness (QED) is 0.802. The van der Waals surface area contributed by atoms with E-state index in [1.165, 1.54) is 18.2 Å². The van der Waals surface area contributed by atoms with Gasteiger partial charge in [-0.05, 0) is 42.3 Å². The summed E-state index contributed by atoms with van der Waals surface area (Å²) in [5.74, 6) is -0.216. The largest absolute Gasteiger partial charge is 0.573 e. The molecule has 0 spiro atoms. The lowest BCUT2D eigenvalue weighted by atomic mass is 10.2. The molecule has 0 saturated heterocycles. The number of hydrogen-bond donors (Lipinski definition) is 1. The van der Waals surface area contributed by atoms with Crippen molar-refractivity contribution in [3.05, 3.63) is 58.1 Å². The van der Waals surface area contributed by atoms with Gasteiger partial charge in [-0.3, -0.25) is 0 Å². The first-order chi connectivity index (χ1) is 9.83. The van der Waals surface area contributed by atoms with Crippen molar-refractivity contribution in [2.24, 2.45) is 0 Å². The smallest absolute Gasteiger partial charge is 0.406 e. The molecule has 0 aromatic heterocycles. The summed E-state index contributed by atoms with van der Waals surface area (Å²) in [6.07, 6.45) is -4.67. The fourth-order valence-electron chi connectivity index (χ4n) is 1.76. The Morgan fingerprint density at radius 1 is 1.14 bits per heavy atom. The highest BCUT2D eigenvalue weighted by Crippen LogP contribution is 2.24. The second-order valence-corrected chi connectivity index (χ2v) is 5.37. The number of hydrogen-bond acceptors (Lipinski definition) is 2. The van der Waals surface area contributed by atoms with Crippen LogP contribution in [0.2, 0.25) is 0 Å². The molecule has 0 aliphatic carbocycles. The van der Waals surface area contributed by atoms with Crippen LogP contribution >= 0.6 is 15.9 Å². The minimum absolute atomic E-state index is 0.216. The maximum Gasteiger partial charge on any atom is 0.573 e. The molecule has 2 aromatic rings. The average molecular weight is 360 g/mol. The second kappa shape index (κ2) is 6.39. The maximum absolute atomic E-state index is 12.2. The van der Waals surface area contributed by atoms with Gasteiger partial charge in [0, 0.05) is 16.7 Å². The van der Waals surface area contributed by atoms with Gasteiger partial charge in [-0.2, -0.15) is 0 Å². The Balaban J connectivity index is 2.03. The van der Waals surface area contributed by atoms with E-state index >= 15 is 0 Å². The summed E-state index contributed by atoms with van der Waals surface area (Å²) in [5.41, 5.74) is 2.70. The summed E-state index contributed by atoms with van der Waals surface area (Å²) in [5, 5.41) is 3.15. The Hall–Kier alpha value is -1.69. The van der Waals surface area contributed by atoms with E-state index in [1.54, 1.807) is 6.07 Å². The first-order valence-corrected chi connectivity index (χ1v) is 6.97. The molecule has 0 fully saturated rings. The summed E-state index contributed by atoms with van der Waals surface area (Å²) >= 11 is 3.43. The van der Waals surface area contributed by atoms with Gasteiger partial charge in [0.05, 0.1) is 0 Å². The summed E-state index contributed by atoms with van der Waals surface area (Å²) in [6.45, 7) is 2.39. The molecule has 0 radical (unpaired) electrons. The van der Waals surface area contributed by atoms with Crippen LogP contribution in [0.15, 0.2) is 46.9 Å². The summed E-state index contributed by atoms with van der Waals surface area (Å²) in [6, 6.07) is 11.7. The van der Waals surface area contributed by atoms with Crippen LogP contribution in [0.5, 0.6) is 5.75 Å². The molecule has 2 aromatic carbocycles. The van der Waals surface area contributed by atoms with E-state index in [-0.39, 0.29) is 5.75 Å². The Kier molecular flexibility index (Phi) is 4.77. The average Bonchev–Trinajstić information content (AvgIpc) is 2.39. The highest BCUT2D eigenvalue weighted by Gasteiger charge is 2.31. The number of anilines is 1. The first kappa shape index (κ1) is 15.7. The molecular formula is C15H13BrF3NO. The molecule has 0 unspecified atom stereocenters. The molecule has 0 aliphatic rings. The Bertz CT molecular complexity index is 629. The predicted molar refractivity (Wildman–Crippen MR) is 79.3 cm³/mol. The van der Waals surface area contributed by atoms with Gasteiger partial charge >= 0.3 is 6.36 Å². The van der Waals surface area contributed by atoms with Gasteiger partial charge in [-0.15, -0.1) is 13.2 Å². The molecular weight excluding hydrogens is 347 g/mol. The van der Waals surface area contributed by atoms with Crippen molar-refractivity contribution < 1.29 is 17.9 Å². The van der Waals surface area contributed by atoms with Gasteiger partial charge in [-0.1, -0.05) is 34.1 Å². The van der Waals surface area contributed by atoms with Crippen molar-refractivity contribution in [1.29, 1.82) is 0 Å². The fraction of sp³-hybridized carbons (Fsp3) is 0.200. The van der Waals surface area contributed by atoms with Gasteiger partial charge in [-0.25, -0.2) is 0 Å². The van der Waals surface area contributed by atoms with Gasteiger partial charge in [0.25, 0.3) is 0 Å². The fourth-order valence-corrected chi connectivity index (χ4v) is 2.14. The molecule has 112 valence electrons. The topological polar surface area (TPSA) is 21.3 Å². The van der Waals surface area contributed by atoms with E-state index < -0.39 is 6.36 Å². The van der Waals surface area contributed by atoms with Crippen LogP contribution in [0.3, 0.4) is 0 Å². The molecule has 0 amide bonds. The van der Waals surface area contributed by atoms with Crippen molar-refractivity contribution >= 4 is 21.6 Å². The highest BCUT2D eigenvalue weighted by molar-refractivity contribution is 9.10. The normalized spacial score (nSPS) is 11.3. The van der Waals surface area contributed by atoms with Crippen molar-refractivity contribution in [1.82, 2.24) is 0 Å². The summed E-state index contributed by atoms with van der Waals surface area (Å²) in [7, 11) is 0. The Morgan fingerprint density at radius 2 is 1.90 bits per heavy atom. The number of halogens is 4. The lowest BCUT2D eigenvalue weighted by Gasteiger charge is -2.11. The van der Waals surface area contributed by atoms with Crippen molar-refractivity contribution in [3.63, 3.8) is 0 Å². The van der Waals surface area contributed by atoms with E-state index in [2.05, 4.69) is 26.0 Å². The van der Waals surface area contributed by atoms with Crippen LogP contribution in [-0.4, -0.2) is 6.36 Å². The molecule has 0 saturated carbocycles. The predicted octanol–water partition coefficient (Wildman–Crippen LogP) is 5.27. The second-order valence-electron chi connectivity index (χ2n) is 4.51. The molecule has 2 rings (SSSR count). The molecule has 0 heterocycles. The van der Waals surface area contributed by atoms with Gasteiger partial charge < -0.3 is 10.1 Å². The van der Waals surface area contributed by atoms with Gasteiger partial charge in [0.1, 0.15) is 5.75 Å². The Morgan fingerprint density at radius 3 is 2.57 bits per heavy atom. The van der Waals surface area contributed by atoms with Crippen molar-refractivity contribution in [3.8, 4) is 5.75 Å². The van der Waals surface area contributed by atoms with Crippen LogP contribution in [0.25, 0.3) is 0 Å². The van der Waals surface area contributed by atoms with Gasteiger partial charge in [0.2, 0.25) is 0 Å². The number of aryl methyl sites for hydroxylation is 1. The zero-order chi connectivity index (χ0) is 15.5. The van der Waals surface area contributed by atoms with Crippen LogP contribution in [0.4, 0.5) is 18.9 Å². The van der Waals surface area contributed by atoms with Crippen LogP contribution in [0.1, 0.15) is 11.1 Å². The Labute approximate surface area is 129 Å². The molecule has 0 bridgehead atoms. The third kappa shape index (κ3) is 4.97. The molecule has 2 nitrogen and oxygen atoms in total. The number of alkyl halides is 3. The molecule has 0 atom stereocenters. The summed E-state index contributed by atoms with van der Waals surface area (Å²) in [4.78, 5) is 0. The van der Waals surface area contributed by atoms with E-state index in [0.29, 0.717) is 12.1 Å². The van der Waals surface area contributed by atoms with Gasteiger partial charge in [0.15, 0.2) is 0 Å². The third-order valence-corrected chi connectivity index (χ3v) is 3.65. The van der Waals surface area contributed by atoms with Crippen LogP contribution in [0, 0.1) is 6.92 Å². The highest BCUT2D eigenvalue weighted by atomic mass is 79.9. The van der Waals surface area contributed by atoms with E-state index in [1.807, 2.05) is 25.1 Å². The molecule has 0 aliphatic heterocycles. The number of ether oxygens (including phenoxy) is 1. The van der Waals surface area contributed by atoms with Crippen molar-refractivity contribution in [2.45, 2.75) is 19.8 Å². The lowest BCUT2D eigenvalue weighted by Crippen LogP contribution is -2.17. The minimum atomic E-state index is -4.67. The third-order valence-electron chi connectivity index (χ3n) is 2.80. The van der Waals surface area contributed by atoms with E-state index in [9.17, 15) is 13.2 Å². The minimum Gasteiger partial charge on any atom is -0.406 e. The summed E-state index contributed by atoms with van der Waals surface area (Å²) < 4.78 is 41.4. The molecule has 21 heavy (non-hydrogen) atoms. The number of nitrogens with one attached hydrogen (secondary N) is 1.